The van der Waals surface area contributed by atoms with Crippen molar-refractivity contribution in [2.24, 2.45) is 0 Å². The van der Waals surface area contributed by atoms with Gasteiger partial charge in [-0.3, -0.25) is 15.1 Å². The van der Waals surface area contributed by atoms with Gasteiger partial charge in [-0.05, 0) is 53.7 Å². The van der Waals surface area contributed by atoms with E-state index in [9.17, 15) is 4.79 Å². The average molecular weight is 384 g/mol. The zero-order valence-electron chi connectivity index (χ0n) is 11.5. The van der Waals surface area contributed by atoms with E-state index in [2.05, 4.69) is 0 Å². The zero-order chi connectivity index (χ0) is 16.6. The van der Waals surface area contributed by atoms with Crippen LogP contribution >= 0.6 is 46.6 Å². The summed E-state index contributed by atoms with van der Waals surface area (Å²) < 4.78 is 0. The van der Waals surface area contributed by atoms with Gasteiger partial charge in [0, 0.05) is 5.02 Å². The fraction of sp³-hybridized carbons (Fsp3) is 0. The first kappa shape index (κ1) is 16.4. The molecular formula is C16H9Cl3N2OS. The fourth-order valence-electron chi connectivity index (χ4n) is 2.06. The molecule has 1 aliphatic heterocycles. The van der Waals surface area contributed by atoms with Crippen molar-refractivity contribution in [3.8, 4) is 0 Å². The normalized spacial score (nSPS) is 16.5. The second kappa shape index (κ2) is 6.57. The van der Waals surface area contributed by atoms with Crippen LogP contribution in [0.15, 0.2) is 47.4 Å². The van der Waals surface area contributed by atoms with Crippen LogP contribution in [0, 0.1) is 5.41 Å². The Labute approximate surface area is 152 Å². The third kappa shape index (κ3) is 3.40. The van der Waals surface area contributed by atoms with Gasteiger partial charge >= 0.3 is 0 Å². The number of carbonyl (C=O) groups is 1. The highest BCUT2D eigenvalue weighted by Gasteiger charge is 2.33. The largest absolute Gasteiger partial charge is 0.278 e. The van der Waals surface area contributed by atoms with Gasteiger partial charge in [0.25, 0.3) is 5.91 Å². The number of amidine groups is 1. The van der Waals surface area contributed by atoms with Gasteiger partial charge in [-0.2, -0.15) is 0 Å². The van der Waals surface area contributed by atoms with Crippen molar-refractivity contribution in [3.63, 3.8) is 0 Å². The number of rotatable bonds is 2. The predicted molar refractivity (Wildman–Crippen MR) is 98.7 cm³/mol. The van der Waals surface area contributed by atoms with Crippen LogP contribution in [-0.4, -0.2) is 11.1 Å². The second-order valence-electron chi connectivity index (χ2n) is 4.71. The molecule has 1 N–H and O–H groups in total. The molecule has 2 aromatic rings. The highest BCUT2D eigenvalue weighted by Crippen LogP contribution is 2.37. The minimum absolute atomic E-state index is 0.119. The van der Waals surface area contributed by atoms with E-state index in [0.29, 0.717) is 25.7 Å². The lowest BCUT2D eigenvalue weighted by atomic mass is 10.2. The number of nitrogens with zero attached hydrogens (tertiary/aromatic N) is 1. The maximum absolute atomic E-state index is 12.6. The Morgan fingerprint density at radius 3 is 2.35 bits per heavy atom. The lowest BCUT2D eigenvalue weighted by Crippen LogP contribution is -2.28. The van der Waals surface area contributed by atoms with Crippen LogP contribution in [0.1, 0.15) is 5.56 Å². The van der Waals surface area contributed by atoms with E-state index < -0.39 is 0 Å². The first-order valence-corrected chi connectivity index (χ1v) is 8.44. The molecular weight excluding hydrogens is 375 g/mol. The van der Waals surface area contributed by atoms with Crippen molar-refractivity contribution in [2.75, 3.05) is 4.90 Å². The first-order valence-electron chi connectivity index (χ1n) is 6.49. The highest BCUT2D eigenvalue weighted by atomic mass is 35.5. The SMILES string of the molecule is N=C1S/C(=C\c2ccc(Cl)cc2)C(=O)N1c1ccc(Cl)c(Cl)c1. The first-order chi connectivity index (χ1) is 11.0. The number of thioether (sulfide) groups is 1. The van der Waals surface area contributed by atoms with Crippen LogP contribution in [0.2, 0.25) is 15.1 Å². The summed E-state index contributed by atoms with van der Waals surface area (Å²) in [5, 5.41) is 9.54. The van der Waals surface area contributed by atoms with Crippen LogP contribution in [0.5, 0.6) is 0 Å². The summed E-state index contributed by atoms with van der Waals surface area (Å²) in [7, 11) is 0. The minimum Gasteiger partial charge on any atom is -0.278 e. The van der Waals surface area contributed by atoms with Crippen LogP contribution < -0.4 is 4.90 Å². The van der Waals surface area contributed by atoms with Crippen molar-refractivity contribution < 1.29 is 4.79 Å². The van der Waals surface area contributed by atoms with Gasteiger partial charge in [-0.15, -0.1) is 0 Å². The van der Waals surface area contributed by atoms with E-state index in [1.54, 1.807) is 36.4 Å². The van der Waals surface area contributed by atoms with Crippen molar-refractivity contribution >= 4 is 69.4 Å². The van der Waals surface area contributed by atoms with E-state index in [1.807, 2.05) is 12.1 Å². The molecule has 116 valence electrons. The monoisotopic (exact) mass is 382 g/mol. The summed E-state index contributed by atoms with van der Waals surface area (Å²) in [5.74, 6) is -0.270. The number of anilines is 1. The number of nitrogens with one attached hydrogen (secondary N) is 1. The maximum atomic E-state index is 12.6. The number of benzene rings is 2. The molecule has 3 nitrogen and oxygen atoms in total. The molecule has 0 aliphatic carbocycles. The summed E-state index contributed by atoms with van der Waals surface area (Å²) in [4.78, 5) is 14.3. The molecule has 0 spiro atoms. The second-order valence-corrected chi connectivity index (χ2v) is 6.99. The van der Waals surface area contributed by atoms with E-state index in [1.165, 1.54) is 4.90 Å². The quantitative estimate of drug-likeness (QED) is 0.676. The smallest absolute Gasteiger partial charge is 0.271 e. The van der Waals surface area contributed by atoms with Gasteiger partial charge in [0.05, 0.1) is 20.6 Å². The molecule has 0 bridgehead atoms. The van der Waals surface area contributed by atoms with Crippen LogP contribution in [0.25, 0.3) is 6.08 Å². The van der Waals surface area contributed by atoms with Gasteiger partial charge in [-0.25, -0.2) is 0 Å². The van der Waals surface area contributed by atoms with Gasteiger partial charge in [0.1, 0.15) is 0 Å². The van der Waals surface area contributed by atoms with Crippen molar-refractivity contribution in [2.45, 2.75) is 0 Å². The Morgan fingerprint density at radius 2 is 1.70 bits per heavy atom. The molecule has 0 unspecified atom stereocenters. The number of hydrogen-bond acceptors (Lipinski definition) is 3. The van der Waals surface area contributed by atoms with Gasteiger partial charge in [0.2, 0.25) is 0 Å². The van der Waals surface area contributed by atoms with E-state index in [0.717, 1.165) is 17.3 Å². The topological polar surface area (TPSA) is 44.2 Å². The Morgan fingerprint density at radius 1 is 1.00 bits per heavy atom. The lowest BCUT2D eigenvalue weighted by Gasteiger charge is -2.14. The minimum atomic E-state index is -0.270. The fourth-order valence-corrected chi connectivity index (χ4v) is 3.34. The van der Waals surface area contributed by atoms with E-state index in [4.69, 9.17) is 40.2 Å². The summed E-state index contributed by atoms with van der Waals surface area (Å²) in [5.41, 5.74) is 1.36. The van der Waals surface area contributed by atoms with E-state index in [-0.39, 0.29) is 11.1 Å². The Balaban J connectivity index is 1.93. The Hall–Kier alpha value is -1.46. The molecule has 1 fully saturated rings. The maximum Gasteiger partial charge on any atom is 0.271 e. The molecule has 1 aliphatic rings. The van der Waals surface area contributed by atoms with Gasteiger partial charge in [0.15, 0.2) is 5.17 Å². The van der Waals surface area contributed by atoms with Crippen LogP contribution in [0.3, 0.4) is 0 Å². The van der Waals surface area contributed by atoms with Crippen molar-refractivity contribution in [1.29, 1.82) is 5.41 Å². The zero-order valence-corrected chi connectivity index (χ0v) is 14.6. The van der Waals surface area contributed by atoms with Crippen molar-refractivity contribution in [3.05, 3.63) is 68.0 Å². The van der Waals surface area contributed by atoms with Gasteiger partial charge < -0.3 is 0 Å². The molecule has 0 atom stereocenters. The standard InChI is InChI=1S/C16H9Cl3N2OS/c17-10-3-1-9(2-4-10)7-14-15(22)21(16(20)23-14)11-5-6-12(18)13(19)8-11/h1-8,20H/b14-7-,20-16?. The third-order valence-corrected chi connectivity index (χ3v) is 5.03. The molecule has 3 rings (SSSR count). The molecule has 0 aromatic heterocycles. The summed E-state index contributed by atoms with van der Waals surface area (Å²) >= 11 is 18.8. The number of amides is 1. The molecule has 2 aromatic carbocycles. The van der Waals surface area contributed by atoms with E-state index >= 15 is 0 Å². The molecule has 1 saturated heterocycles. The highest BCUT2D eigenvalue weighted by molar-refractivity contribution is 8.19. The summed E-state index contributed by atoms with van der Waals surface area (Å²) in [6.07, 6.45) is 1.73. The molecule has 23 heavy (non-hydrogen) atoms. The molecule has 0 saturated carbocycles. The Kier molecular flexibility index (Phi) is 4.69. The summed E-state index contributed by atoms with van der Waals surface area (Å²) in [6.45, 7) is 0. The van der Waals surface area contributed by atoms with Crippen LogP contribution in [-0.2, 0) is 4.79 Å². The lowest BCUT2D eigenvalue weighted by molar-refractivity contribution is -0.113. The average Bonchev–Trinajstić information content (AvgIpc) is 2.79. The third-order valence-electron chi connectivity index (χ3n) is 3.15. The van der Waals surface area contributed by atoms with Crippen LogP contribution in [0.4, 0.5) is 5.69 Å². The molecule has 0 radical (unpaired) electrons. The number of hydrogen-bond donors (Lipinski definition) is 1. The summed E-state index contributed by atoms with van der Waals surface area (Å²) in [6, 6.07) is 12.0. The van der Waals surface area contributed by atoms with Crippen molar-refractivity contribution in [1.82, 2.24) is 0 Å². The van der Waals surface area contributed by atoms with Gasteiger partial charge in [-0.1, -0.05) is 46.9 Å². The predicted octanol–water partition coefficient (Wildman–Crippen LogP) is 5.70. The number of halogens is 3. The molecule has 1 heterocycles. The Bertz CT molecular complexity index is 834. The molecule has 1 amide bonds. The molecule has 7 heteroatoms. The number of carbonyl (C=O) groups excluding carboxylic acids is 1.